The van der Waals surface area contributed by atoms with Crippen molar-refractivity contribution in [2.45, 2.75) is 37.9 Å². The third-order valence-corrected chi connectivity index (χ3v) is 6.10. The number of halogens is 5. The van der Waals surface area contributed by atoms with Crippen LogP contribution in [0.5, 0.6) is 0 Å². The van der Waals surface area contributed by atoms with Gasteiger partial charge in [0.05, 0.1) is 5.56 Å². The average Bonchev–Trinajstić information content (AvgIpc) is 2.58. The summed E-state index contributed by atoms with van der Waals surface area (Å²) in [5.74, 6) is -2.24. The lowest BCUT2D eigenvalue weighted by atomic mass is 9.36. The first-order chi connectivity index (χ1) is 13.5. The predicted octanol–water partition coefficient (Wildman–Crippen LogP) is 4.99. The van der Waals surface area contributed by atoms with Crippen molar-refractivity contribution in [3.63, 3.8) is 0 Å². The third-order valence-electron chi connectivity index (χ3n) is 6.10. The van der Waals surface area contributed by atoms with Crippen molar-refractivity contribution in [2.75, 3.05) is 10.6 Å². The minimum atomic E-state index is -4.70. The summed E-state index contributed by atoms with van der Waals surface area (Å²) in [5, 5.41) is 5.43. The van der Waals surface area contributed by atoms with Gasteiger partial charge in [0.1, 0.15) is 11.5 Å². The Balaban J connectivity index is 1.42. The van der Waals surface area contributed by atoms with Crippen LogP contribution in [-0.4, -0.2) is 16.4 Å². The molecule has 154 valence electrons. The summed E-state index contributed by atoms with van der Waals surface area (Å²) in [5.41, 5.74) is -2.26. The van der Waals surface area contributed by atoms with Crippen LogP contribution in [0, 0.1) is 23.1 Å². The van der Waals surface area contributed by atoms with E-state index >= 15 is 0 Å². The van der Waals surface area contributed by atoms with Crippen molar-refractivity contribution in [3.05, 3.63) is 53.9 Å². The predicted molar refractivity (Wildman–Crippen MR) is 96.0 cm³/mol. The summed E-state index contributed by atoms with van der Waals surface area (Å²) < 4.78 is 66.5. The fraction of sp³-hybridized carbons (Fsp3) is 0.400. The standard InChI is InChI=1S/C20H18F5N3O/c1-11(17(29)27-13-4-2-12(21)3-5-13)18-8-19(9-18,10-18)28-15-14(20(23,24)25)6-7-26-16(15)22/h2-7,11,28H,8-10H2,1H3,(H,27,29). The van der Waals surface area contributed by atoms with E-state index in [0.717, 1.165) is 12.3 Å². The highest BCUT2D eigenvalue weighted by atomic mass is 19.4. The summed E-state index contributed by atoms with van der Waals surface area (Å²) in [6.45, 7) is 1.76. The molecule has 3 aliphatic rings. The first-order valence-electron chi connectivity index (χ1n) is 9.10. The number of nitrogens with zero attached hydrogens (tertiary/aromatic N) is 1. The lowest BCUT2D eigenvalue weighted by Gasteiger charge is -2.72. The van der Waals surface area contributed by atoms with Crippen molar-refractivity contribution in [2.24, 2.45) is 11.3 Å². The Bertz CT molecular complexity index is 938. The fourth-order valence-electron chi connectivity index (χ4n) is 4.58. The van der Waals surface area contributed by atoms with Gasteiger partial charge in [0.15, 0.2) is 0 Å². The second-order valence-corrected chi connectivity index (χ2v) is 8.04. The quantitative estimate of drug-likeness (QED) is 0.539. The van der Waals surface area contributed by atoms with E-state index in [-0.39, 0.29) is 11.3 Å². The number of benzene rings is 1. The third kappa shape index (κ3) is 3.32. The second-order valence-electron chi connectivity index (χ2n) is 8.04. The second kappa shape index (κ2) is 6.40. The van der Waals surface area contributed by atoms with Crippen LogP contribution in [0.15, 0.2) is 36.5 Å². The van der Waals surface area contributed by atoms with Gasteiger partial charge in [-0.25, -0.2) is 9.37 Å². The number of hydrogen-bond acceptors (Lipinski definition) is 3. The zero-order valence-corrected chi connectivity index (χ0v) is 15.4. The van der Waals surface area contributed by atoms with Gasteiger partial charge in [-0.15, -0.1) is 0 Å². The molecule has 9 heteroatoms. The molecule has 1 amide bonds. The Kier molecular flexibility index (Phi) is 4.32. The van der Waals surface area contributed by atoms with Crippen LogP contribution in [0.3, 0.4) is 0 Å². The van der Waals surface area contributed by atoms with Crippen molar-refractivity contribution in [1.29, 1.82) is 0 Å². The molecule has 0 aliphatic heterocycles. The first kappa shape index (κ1) is 19.6. The van der Waals surface area contributed by atoms with E-state index in [9.17, 15) is 26.7 Å². The lowest BCUT2D eigenvalue weighted by Crippen LogP contribution is -2.74. The highest BCUT2D eigenvalue weighted by molar-refractivity contribution is 5.93. The molecule has 2 aromatic rings. The number of rotatable bonds is 5. The van der Waals surface area contributed by atoms with Crippen molar-refractivity contribution < 1.29 is 26.7 Å². The molecule has 3 saturated carbocycles. The van der Waals surface area contributed by atoms with E-state index in [0.29, 0.717) is 24.9 Å². The highest BCUT2D eigenvalue weighted by Crippen LogP contribution is 2.71. The van der Waals surface area contributed by atoms with Gasteiger partial charge in [0, 0.05) is 23.3 Å². The van der Waals surface area contributed by atoms with E-state index in [4.69, 9.17) is 0 Å². The molecule has 1 aromatic carbocycles. The lowest BCUT2D eigenvalue weighted by molar-refractivity contribution is -0.166. The van der Waals surface area contributed by atoms with Gasteiger partial charge in [-0.3, -0.25) is 4.79 Å². The Morgan fingerprint density at radius 3 is 2.31 bits per heavy atom. The Hall–Kier alpha value is -2.71. The minimum absolute atomic E-state index is 0.242. The van der Waals surface area contributed by atoms with Crippen molar-refractivity contribution >= 4 is 17.3 Å². The van der Waals surface area contributed by atoms with Crippen LogP contribution in [-0.2, 0) is 11.0 Å². The molecular formula is C20H18F5N3O. The van der Waals surface area contributed by atoms with Gasteiger partial charge in [0.25, 0.3) is 0 Å². The molecule has 1 atom stereocenters. The summed E-state index contributed by atoms with van der Waals surface area (Å²) >= 11 is 0. The van der Waals surface area contributed by atoms with E-state index < -0.39 is 40.6 Å². The molecule has 2 bridgehead atoms. The molecule has 3 fully saturated rings. The summed E-state index contributed by atoms with van der Waals surface area (Å²) in [7, 11) is 0. The van der Waals surface area contributed by atoms with E-state index in [1.54, 1.807) is 6.92 Å². The van der Waals surface area contributed by atoms with E-state index in [2.05, 4.69) is 15.6 Å². The molecule has 2 N–H and O–H groups in total. The van der Waals surface area contributed by atoms with Crippen LogP contribution >= 0.6 is 0 Å². The molecule has 0 saturated heterocycles. The van der Waals surface area contributed by atoms with Crippen LogP contribution in [0.4, 0.5) is 33.3 Å². The average molecular weight is 411 g/mol. The molecule has 0 radical (unpaired) electrons. The number of carbonyl (C=O) groups is 1. The first-order valence-corrected chi connectivity index (χ1v) is 9.10. The maximum absolute atomic E-state index is 14.0. The number of aromatic nitrogens is 1. The van der Waals surface area contributed by atoms with Gasteiger partial charge in [-0.2, -0.15) is 17.6 Å². The number of hydrogen-bond donors (Lipinski definition) is 2. The van der Waals surface area contributed by atoms with Crippen molar-refractivity contribution in [1.82, 2.24) is 4.98 Å². The SMILES string of the molecule is CC(C(=O)Nc1ccc(F)cc1)C12CC(Nc3c(C(F)(F)F)ccnc3F)(C1)C2. The highest BCUT2D eigenvalue weighted by Gasteiger charge is 2.71. The van der Waals surface area contributed by atoms with Crippen LogP contribution in [0.1, 0.15) is 31.7 Å². The number of anilines is 2. The van der Waals surface area contributed by atoms with Crippen molar-refractivity contribution in [3.8, 4) is 0 Å². The zero-order chi connectivity index (χ0) is 21.0. The zero-order valence-electron chi connectivity index (χ0n) is 15.4. The molecule has 4 nitrogen and oxygen atoms in total. The monoisotopic (exact) mass is 411 g/mol. The van der Waals surface area contributed by atoms with Gasteiger partial charge in [-0.1, -0.05) is 6.92 Å². The van der Waals surface area contributed by atoms with Gasteiger partial charge < -0.3 is 10.6 Å². The maximum Gasteiger partial charge on any atom is 0.418 e. The molecular weight excluding hydrogens is 393 g/mol. The van der Waals surface area contributed by atoms with Crippen LogP contribution < -0.4 is 10.6 Å². The number of nitrogens with one attached hydrogen (secondary N) is 2. The molecule has 1 unspecified atom stereocenters. The van der Waals surface area contributed by atoms with Gasteiger partial charge in [0.2, 0.25) is 11.9 Å². The van der Waals surface area contributed by atoms with Crippen LogP contribution in [0.2, 0.25) is 0 Å². The molecule has 1 heterocycles. The normalized spacial score (nSPS) is 26.1. The molecule has 0 spiro atoms. The number of carbonyl (C=O) groups excluding carboxylic acids is 1. The maximum atomic E-state index is 14.0. The number of amides is 1. The molecule has 29 heavy (non-hydrogen) atoms. The summed E-state index contributed by atoms with van der Waals surface area (Å²) in [6, 6.07) is 6.12. The topological polar surface area (TPSA) is 54.0 Å². The summed E-state index contributed by atoms with van der Waals surface area (Å²) in [6.07, 6.45) is -2.53. The van der Waals surface area contributed by atoms with Gasteiger partial charge >= 0.3 is 6.18 Å². The number of pyridine rings is 1. The van der Waals surface area contributed by atoms with Gasteiger partial charge in [-0.05, 0) is 55.0 Å². The Morgan fingerprint density at radius 1 is 1.10 bits per heavy atom. The Morgan fingerprint density at radius 2 is 1.72 bits per heavy atom. The number of alkyl halides is 3. The van der Waals surface area contributed by atoms with Crippen LogP contribution in [0.25, 0.3) is 0 Å². The summed E-state index contributed by atoms with van der Waals surface area (Å²) in [4.78, 5) is 15.8. The fourth-order valence-corrected chi connectivity index (χ4v) is 4.58. The largest absolute Gasteiger partial charge is 0.418 e. The van der Waals surface area contributed by atoms with E-state index in [1.807, 2.05) is 0 Å². The molecule has 1 aromatic heterocycles. The molecule has 5 rings (SSSR count). The Labute approximate surface area is 163 Å². The minimum Gasteiger partial charge on any atom is -0.375 e. The molecule has 3 aliphatic carbocycles. The smallest absolute Gasteiger partial charge is 0.375 e. The van der Waals surface area contributed by atoms with E-state index in [1.165, 1.54) is 24.3 Å².